The van der Waals surface area contributed by atoms with Crippen LogP contribution in [-0.4, -0.2) is 42.0 Å². The number of halogens is 4. The number of aryl methyl sites for hydroxylation is 1. The van der Waals surface area contributed by atoms with Gasteiger partial charge in [0.1, 0.15) is 33.4 Å². The van der Waals surface area contributed by atoms with Crippen molar-refractivity contribution < 1.29 is 35.5 Å². The molecule has 8 nitrogen and oxygen atoms in total. The second-order valence-electron chi connectivity index (χ2n) is 8.38. The van der Waals surface area contributed by atoms with Crippen molar-refractivity contribution in [3.05, 3.63) is 53.1 Å². The van der Waals surface area contributed by atoms with Gasteiger partial charge in [-0.05, 0) is 57.5 Å². The number of amidine groups is 1. The molecule has 2 aromatic rings. The van der Waals surface area contributed by atoms with E-state index in [1.807, 2.05) is 0 Å². The minimum Gasteiger partial charge on any atom is -0.433 e. The van der Waals surface area contributed by atoms with E-state index in [2.05, 4.69) is 20.0 Å². The third-order valence-electron chi connectivity index (χ3n) is 5.66. The third-order valence-corrected chi connectivity index (χ3v) is 8.29. The van der Waals surface area contributed by atoms with Crippen LogP contribution < -0.4 is 15.8 Å². The van der Waals surface area contributed by atoms with Crippen LogP contribution in [0.15, 0.2) is 35.5 Å². The Morgan fingerprint density at radius 3 is 2.47 bits per heavy atom. The minimum atomic E-state index is -4.51. The Morgan fingerprint density at radius 1 is 1.24 bits per heavy atom. The van der Waals surface area contributed by atoms with Gasteiger partial charge in [0, 0.05) is 11.3 Å². The quantitative estimate of drug-likeness (QED) is 0.604. The zero-order chi connectivity index (χ0) is 25.6. The van der Waals surface area contributed by atoms with Crippen LogP contribution in [0.1, 0.15) is 42.4 Å². The first-order valence-electron chi connectivity index (χ1n) is 9.87. The standard InChI is InChI=1S/C21H22F4N4O4S/c1-10-7-12(33-19(24)25)9-27-15(10)16(30)28-11-5-6-14(22)13(8-11)21(4)17(23)34(31,32)20(2,3)18(26)29-21/h5-9,17,19H,1-4H3,(H2,26,29)(H,28,30)/t17?,21-/m1/s1. The zero-order valence-corrected chi connectivity index (χ0v) is 19.4. The molecule has 0 saturated heterocycles. The lowest BCUT2D eigenvalue weighted by Crippen LogP contribution is -2.58. The van der Waals surface area contributed by atoms with E-state index in [-0.39, 0.29) is 28.5 Å². The molecule has 1 amide bonds. The van der Waals surface area contributed by atoms with Crippen LogP contribution >= 0.6 is 0 Å². The number of amides is 1. The predicted octanol–water partition coefficient (Wildman–Crippen LogP) is 3.46. The van der Waals surface area contributed by atoms with Gasteiger partial charge in [-0.15, -0.1) is 0 Å². The number of carbonyl (C=O) groups excluding carboxylic acids is 1. The Hall–Kier alpha value is -3.22. The van der Waals surface area contributed by atoms with Gasteiger partial charge in [0.2, 0.25) is 5.50 Å². The van der Waals surface area contributed by atoms with Crippen LogP contribution in [0.25, 0.3) is 0 Å². The summed E-state index contributed by atoms with van der Waals surface area (Å²) in [6, 6.07) is 4.32. The Balaban J connectivity index is 1.98. The molecule has 2 heterocycles. The SMILES string of the molecule is Cc1cc(OC(F)F)cnc1C(=O)Nc1ccc(F)c([C@@]2(C)N=C(N)C(C)(C)S(=O)(=O)C2F)c1. The molecule has 0 bridgehead atoms. The number of carbonyl (C=O) groups is 1. The first kappa shape index (κ1) is 25.4. The molecular formula is C21H22F4N4O4S. The zero-order valence-electron chi connectivity index (χ0n) is 18.6. The number of anilines is 1. The van der Waals surface area contributed by atoms with Gasteiger partial charge >= 0.3 is 6.61 Å². The van der Waals surface area contributed by atoms with Gasteiger partial charge < -0.3 is 15.8 Å². The van der Waals surface area contributed by atoms with Crippen LogP contribution in [0.2, 0.25) is 0 Å². The van der Waals surface area contributed by atoms with E-state index in [0.717, 1.165) is 25.3 Å². The smallest absolute Gasteiger partial charge is 0.387 e. The number of aliphatic imine (C=N–C) groups is 1. The fourth-order valence-electron chi connectivity index (χ4n) is 3.46. The highest BCUT2D eigenvalue weighted by atomic mass is 32.2. The molecule has 1 unspecified atom stereocenters. The average molecular weight is 502 g/mol. The maximum atomic E-state index is 15.3. The van der Waals surface area contributed by atoms with Gasteiger partial charge in [0.25, 0.3) is 5.91 Å². The van der Waals surface area contributed by atoms with Crippen molar-refractivity contribution in [1.29, 1.82) is 0 Å². The number of hydrogen-bond acceptors (Lipinski definition) is 7. The van der Waals surface area contributed by atoms with Crippen molar-refractivity contribution >= 4 is 27.3 Å². The summed E-state index contributed by atoms with van der Waals surface area (Å²) in [6.07, 6.45) is 0.936. The molecular weight excluding hydrogens is 480 g/mol. The van der Waals surface area contributed by atoms with Crippen LogP contribution in [0.3, 0.4) is 0 Å². The fraction of sp³-hybridized carbons (Fsp3) is 0.381. The highest BCUT2D eigenvalue weighted by Crippen LogP contribution is 2.44. The third kappa shape index (κ3) is 4.19. The summed E-state index contributed by atoms with van der Waals surface area (Å²) < 4.78 is 82.7. The van der Waals surface area contributed by atoms with Gasteiger partial charge in [-0.25, -0.2) is 22.2 Å². The van der Waals surface area contributed by atoms with Crippen LogP contribution in [0, 0.1) is 12.7 Å². The second kappa shape index (κ2) is 8.53. The Labute approximate surface area is 193 Å². The van der Waals surface area contributed by atoms with E-state index in [9.17, 15) is 26.4 Å². The van der Waals surface area contributed by atoms with Crippen LogP contribution in [-0.2, 0) is 15.4 Å². The molecule has 2 atom stereocenters. The summed E-state index contributed by atoms with van der Waals surface area (Å²) in [5.41, 5.74) is 0.608. The number of rotatable bonds is 5. The summed E-state index contributed by atoms with van der Waals surface area (Å²) in [7, 11) is -4.51. The molecule has 1 aliphatic heterocycles. The summed E-state index contributed by atoms with van der Waals surface area (Å²) in [6.45, 7) is 1.87. The van der Waals surface area contributed by atoms with E-state index in [1.54, 1.807) is 0 Å². The van der Waals surface area contributed by atoms with E-state index in [1.165, 1.54) is 32.9 Å². The molecule has 1 aliphatic rings. The minimum absolute atomic E-state index is 0.0139. The normalized spacial score (nSPS) is 23.3. The molecule has 184 valence electrons. The Kier molecular flexibility index (Phi) is 6.37. The monoisotopic (exact) mass is 502 g/mol. The molecule has 3 rings (SSSR count). The van der Waals surface area contributed by atoms with Gasteiger partial charge in [0.05, 0.1) is 6.20 Å². The maximum absolute atomic E-state index is 15.3. The molecule has 0 saturated carbocycles. The summed E-state index contributed by atoms with van der Waals surface area (Å²) in [4.78, 5) is 20.5. The summed E-state index contributed by atoms with van der Waals surface area (Å²) in [5, 5.41) is 2.44. The van der Waals surface area contributed by atoms with Crippen molar-refractivity contribution in [2.45, 2.75) is 50.1 Å². The number of hydrogen-bond donors (Lipinski definition) is 2. The van der Waals surface area contributed by atoms with Gasteiger partial charge in [-0.1, -0.05) is 0 Å². The lowest BCUT2D eigenvalue weighted by atomic mass is 9.91. The van der Waals surface area contributed by atoms with Crippen molar-refractivity contribution in [3.8, 4) is 5.75 Å². The number of nitrogens with zero attached hydrogens (tertiary/aromatic N) is 2. The number of ether oxygens (including phenoxy) is 1. The Morgan fingerprint density at radius 2 is 1.88 bits per heavy atom. The largest absolute Gasteiger partial charge is 0.433 e. The number of nitrogens with one attached hydrogen (secondary N) is 1. The van der Waals surface area contributed by atoms with Gasteiger partial charge in [-0.3, -0.25) is 9.79 Å². The number of benzene rings is 1. The fourth-order valence-corrected chi connectivity index (χ4v) is 5.10. The summed E-state index contributed by atoms with van der Waals surface area (Å²) in [5.74, 6) is -2.37. The van der Waals surface area contributed by atoms with E-state index >= 15 is 4.39 Å². The first-order valence-corrected chi connectivity index (χ1v) is 11.4. The molecule has 0 fully saturated rings. The molecule has 1 aromatic carbocycles. The van der Waals surface area contributed by atoms with Gasteiger partial charge in [-0.2, -0.15) is 8.78 Å². The number of pyridine rings is 1. The van der Waals surface area contributed by atoms with Crippen LogP contribution in [0.4, 0.5) is 23.2 Å². The van der Waals surface area contributed by atoms with Crippen molar-refractivity contribution in [2.75, 3.05) is 5.32 Å². The molecule has 13 heteroatoms. The molecule has 3 N–H and O–H groups in total. The van der Waals surface area contributed by atoms with E-state index in [0.29, 0.717) is 0 Å². The average Bonchev–Trinajstić information content (AvgIpc) is 2.72. The van der Waals surface area contributed by atoms with E-state index in [4.69, 9.17) is 5.73 Å². The number of alkyl halides is 3. The topological polar surface area (TPSA) is 124 Å². The number of sulfone groups is 1. The van der Waals surface area contributed by atoms with Crippen molar-refractivity contribution in [3.63, 3.8) is 0 Å². The first-order chi connectivity index (χ1) is 15.6. The highest BCUT2D eigenvalue weighted by Gasteiger charge is 2.58. The molecule has 34 heavy (non-hydrogen) atoms. The summed E-state index contributed by atoms with van der Waals surface area (Å²) >= 11 is 0. The van der Waals surface area contributed by atoms with Crippen molar-refractivity contribution in [2.24, 2.45) is 10.7 Å². The molecule has 0 aliphatic carbocycles. The lowest BCUT2D eigenvalue weighted by molar-refractivity contribution is -0.0501. The molecule has 1 aromatic heterocycles. The molecule has 0 radical (unpaired) electrons. The molecule has 0 spiro atoms. The second-order valence-corrected chi connectivity index (χ2v) is 10.9. The van der Waals surface area contributed by atoms with E-state index < -0.39 is 49.5 Å². The predicted molar refractivity (Wildman–Crippen MR) is 117 cm³/mol. The number of aromatic nitrogens is 1. The maximum Gasteiger partial charge on any atom is 0.387 e. The Bertz CT molecular complexity index is 1280. The van der Waals surface area contributed by atoms with Crippen LogP contribution in [0.5, 0.6) is 5.75 Å². The van der Waals surface area contributed by atoms with Crippen molar-refractivity contribution in [1.82, 2.24) is 4.98 Å². The van der Waals surface area contributed by atoms with Gasteiger partial charge in [0.15, 0.2) is 9.84 Å². The highest BCUT2D eigenvalue weighted by molar-refractivity contribution is 7.94. The number of nitrogens with two attached hydrogens (primary N) is 1. The lowest BCUT2D eigenvalue weighted by Gasteiger charge is -2.40.